The molecule has 2 nitrogen and oxygen atoms in total. The van der Waals surface area contributed by atoms with Crippen LogP contribution in [0.2, 0.25) is 10.0 Å². The van der Waals surface area contributed by atoms with Gasteiger partial charge in [-0.2, -0.15) is 0 Å². The second kappa shape index (κ2) is 4.09. The van der Waals surface area contributed by atoms with Crippen LogP contribution in [0.15, 0.2) is 34.9 Å². The summed E-state index contributed by atoms with van der Waals surface area (Å²) in [5, 5.41) is 1.05. The quantitative estimate of drug-likeness (QED) is 0.742. The molecule has 0 radical (unpaired) electrons. The van der Waals surface area contributed by atoms with E-state index in [1.807, 2.05) is 0 Å². The number of carbonyl (C=O) groups excluding carboxylic acids is 1. The molecule has 0 saturated carbocycles. The highest BCUT2D eigenvalue weighted by Gasteiger charge is 2.11. The molecule has 0 spiro atoms. The first kappa shape index (κ1) is 10.3. The lowest BCUT2D eigenvalue weighted by Gasteiger charge is -2.02. The molecule has 0 aliphatic rings. The molecule has 1 aromatic carbocycles. The molecular weight excluding hydrogens is 235 g/mol. The zero-order valence-corrected chi connectivity index (χ0v) is 9.05. The molecule has 1 heterocycles. The Kier molecular flexibility index (Phi) is 2.80. The van der Waals surface area contributed by atoms with Crippen molar-refractivity contribution in [3.05, 3.63) is 46.3 Å². The highest BCUT2D eigenvalue weighted by molar-refractivity contribution is 6.36. The summed E-state index contributed by atoms with van der Waals surface area (Å²) in [7, 11) is 0. The molecule has 4 heteroatoms. The van der Waals surface area contributed by atoms with Gasteiger partial charge in [-0.1, -0.05) is 29.3 Å². The van der Waals surface area contributed by atoms with Crippen LogP contribution in [-0.2, 0) is 0 Å². The lowest BCUT2D eigenvalue weighted by atomic mass is 10.1. The first-order chi connectivity index (χ1) is 7.22. The average molecular weight is 241 g/mol. The van der Waals surface area contributed by atoms with Gasteiger partial charge < -0.3 is 4.42 Å². The summed E-state index contributed by atoms with van der Waals surface area (Å²) in [4.78, 5) is 10.7. The van der Waals surface area contributed by atoms with Crippen molar-refractivity contribution in [2.75, 3.05) is 0 Å². The normalized spacial score (nSPS) is 10.3. The Morgan fingerprint density at radius 3 is 2.60 bits per heavy atom. The van der Waals surface area contributed by atoms with Gasteiger partial charge in [0.15, 0.2) is 12.0 Å². The number of halogens is 2. The zero-order valence-electron chi connectivity index (χ0n) is 7.54. The van der Waals surface area contributed by atoms with E-state index in [1.54, 1.807) is 24.3 Å². The van der Waals surface area contributed by atoms with Crippen molar-refractivity contribution in [2.24, 2.45) is 0 Å². The van der Waals surface area contributed by atoms with Gasteiger partial charge in [0.25, 0.3) is 0 Å². The molecule has 0 amide bonds. The fraction of sp³-hybridized carbons (Fsp3) is 0. The van der Waals surface area contributed by atoms with Crippen molar-refractivity contribution in [1.29, 1.82) is 0 Å². The molecule has 0 N–H and O–H groups in total. The summed E-state index contributed by atoms with van der Waals surface area (Å²) in [6.07, 6.45) is 2.10. The van der Waals surface area contributed by atoms with Gasteiger partial charge in [0, 0.05) is 16.1 Å². The Labute approximate surface area is 96.4 Å². The van der Waals surface area contributed by atoms with E-state index >= 15 is 0 Å². The number of carbonyl (C=O) groups is 1. The summed E-state index contributed by atoms with van der Waals surface area (Å²) < 4.78 is 4.99. The molecule has 76 valence electrons. The second-order valence-corrected chi connectivity index (χ2v) is 3.78. The molecule has 0 unspecified atom stereocenters. The van der Waals surface area contributed by atoms with Crippen LogP contribution in [0.3, 0.4) is 0 Å². The number of furan rings is 1. The topological polar surface area (TPSA) is 30.2 Å². The van der Waals surface area contributed by atoms with E-state index in [4.69, 9.17) is 27.6 Å². The largest absolute Gasteiger partial charge is 0.461 e. The Bertz CT molecular complexity index is 503. The lowest BCUT2D eigenvalue weighted by molar-refractivity contribution is 0.110. The molecule has 0 fully saturated rings. The number of rotatable bonds is 2. The first-order valence-corrected chi connectivity index (χ1v) is 4.96. The summed E-state index contributed by atoms with van der Waals surface area (Å²) in [5.74, 6) is 0.263. The molecule has 0 aliphatic carbocycles. The summed E-state index contributed by atoms with van der Waals surface area (Å²) in [5.41, 5.74) is 1.41. The maximum Gasteiger partial charge on any atom is 0.185 e. The minimum atomic E-state index is 0.263. The molecule has 0 saturated heterocycles. The summed E-state index contributed by atoms with van der Waals surface area (Å²) >= 11 is 11.8. The fourth-order valence-electron chi connectivity index (χ4n) is 1.34. The van der Waals surface area contributed by atoms with Gasteiger partial charge in [0.05, 0.1) is 11.3 Å². The third-order valence-electron chi connectivity index (χ3n) is 2.02. The van der Waals surface area contributed by atoms with Crippen LogP contribution in [-0.4, -0.2) is 6.29 Å². The van der Waals surface area contributed by atoms with Crippen molar-refractivity contribution in [2.45, 2.75) is 0 Å². The van der Waals surface area contributed by atoms with E-state index < -0.39 is 0 Å². The fourth-order valence-corrected chi connectivity index (χ4v) is 1.85. The highest BCUT2D eigenvalue weighted by Crippen LogP contribution is 2.32. The average Bonchev–Trinajstić information content (AvgIpc) is 2.65. The van der Waals surface area contributed by atoms with Gasteiger partial charge in [-0.15, -0.1) is 0 Å². The van der Waals surface area contributed by atoms with Crippen LogP contribution in [0.25, 0.3) is 11.1 Å². The van der Waals surface area contributed by atoms with Crippen LogP contribution >= 0.6 is 23.2 Å². The van der Waals surface area contributed by atoms with Gasteiger partial charge in [-0.25, -0.2) is 0 Å². The number of hydrogen-bond donors (Lipinski definition) is 0. The SMILES string of the molecule is O=Cc1occc1-c1ccc(Cl)cc1Cl. The van der Waals surface area contributed by atoms with E-state index in [-0.39, 0.29) is 5.76 Å². The van der Waals surface area contributed by atoms with E-state index in [2.05, 4.69) is 0 Å². The molecule has 0 aliphatic heterocycles. The predicted molar refractivity (Wildman–Crippen MR) is 59.6 cm³/mol. The highest BCUT2D eigenvalue weighted by atomic mass is 35.5. The van der Waals surface area contributed by atoms with Gasteiger partial charge in [0.2, 0.25) is 0 Å². The van der Waals surface area contributed by atoms with Gasteiger partial charge in [-0.05, 0) is 18.2 Å². The second-order valence-electron chi connectivity index (χ2n) is 2.94. The Morgan fingerprint density at radius 2 is 1.93 bits per heavy atom. The number of aldehydes is 1. The van der Waals surface area contributed by atoms with E-state index in [0.717, 1.165) is 5.56 Å². The number of hydrogen-bond acceptors (Lipinski definition) is 2. The minimum Gasteiger partial charge on any atom is -0.461 e. The monoisotopic (exact) mass is 240 g/mol. The van der Waals surface area contributed by atoms with Crippen molar-refractivity contribution >= 4 is 29.5 Å². The molecule has 2 rings (SSSR count). The molecule has 1 aromatic heterocycles. The Balaban J connectivity index is 2.59. The molecule has 2 aromatic rings. The molecular formula is C11H6Cl2O2. The number of benzene rings is 1. The zero-order chi connectivity index (χ0) is 10.8. The lowest BCUT2D eigenvalue weighted by Crippen LogP contribution is -1.82. The van der Waals surface area contributed by atoms with E-state index in [1.165, 1.54) is 6.26 Å². The summed E-state index contributed by atoms with van der Waals surface area (Å²) in [6.45, 7) is 0. The smallest absolute Gasteiger partial charge is 0.185 e. The predicted octanol–water partition coefficient (Wildman–Crippen LogP) is 4.07. The van der Waals surface area contributed by atoms with Crippen molar-refractivity contribution < 1.29 is 9.21 Å². The minimum absolute atomic E-state index is 0.263. The van der Waals surface area contributed by atoms with Crippen LogP contribution in [0, 0.1) is 0 Å². The Hall–Kier alpha value is -1.25. The summed E-state index contributed by atoms with van der Waals surface area (Å²) in [6, 6.07) is 6.78. The van der Waals surface area contributed by atoms with Gasteiger partial charge >= 0.3 is 0 Å². The van der Waals surface area contributed by atoms with Crippen LogP contribution < -0.4 is 0 Å². The van der Waals surface area contributed by atoms with Gasteiger partial charge in [-0.3, -0.25) is 4.79 Å². The Morgan fingerprint density at radius 1 is 1.13 bits per heavy atom. The van der Waals surface area contributed by atoms with Crippen LogP contribution in [0.5, 0.6) is 0 Å². The van der Waals surface area contributed by atoms with Crippen molar-refractivity contribution in [3.8, 4) is 11.1 Å². The third kappa shape index (κ3) is 1.91. The van der Waals surface area contributed by atoms with Crippen molar-refractivity contribution in [1.82, 2.24) is 0 Å². The van der Waals surface area contributed by atoms with E-state index in [9.17, 15) is 4.79 Å². The van der Waals surface area contributed by atoms with Gasteiger partial charge in [0.1, 0.15) is 0 Å². The van der Waals surface area contributed by atoms with Crippen molar-refractivity contribution in [3.63, 3.8) is 0 Å². The van der Waals surface area contributed by atoms with Crippen LogP contribution in [0.1, 0.15) is 10.6 Å². The maximum atomic E-state index is 10.7. The maximum absolute atomic E-state index is 10.7. The molecule has 0 bridgehead atoms. The van der Waals surface area contributed by atoms with E-state index in [0.29, 0.717) is 21.9 Å². The standard InChI is InChI=1S/C11H6Cl2O2/c12-7-1-2-8(10(13)5-7)9-3-4-15-11(9)6-14/h1-6H. The first-order valence-electron chi connectivity index (χ1n) is 4.20. The van der Waals surface area contributed by atoms with Crippen LogP contribution in [0.4, 0.5) is 0 Å². The molecule has 15 heavy (non-hydrogen) atoms. The molecule has 0 atom stereocenters. The third-order valence-corrected chi connectivity index (χ3v) is 2.57.